The van der Waals surface area contributed by atoms with Crippen LogP contribution < -0.4 is 5.32 Å². The number of halogens is 2. The first-order valence-electron chi connectivity index (χ1n) is 2.09. The normalized spacial score (nSPS) is 26.8. The summed E-state index contributed by atoms with van der Waals surface area (Å²) in [7, 11) is 0. The lowest BCUT2D eigenvalue weighted by Crippen LogP contribution is -2.16. The maximum absolute atomic E-state index is 5.51. The molecule has 44 valence electrons. The first-order valence-corrected chi connectivity index (χ1v) is 2.91. The van der Waals surface area contributed by atoms with Crippen LogP contribution in [0.4, 0.5) is 0 Å². The highest BCUT2D eigenvalue weighted by atomic mass is 35.5. The molecule has 0 spiro atoms. The molecule has 0 radical (unpaired) electrons. The van der Waals surface area contributed by atoms with Crippen molar-refractivity contribution in [3.8, 4) is 0 Å². The lowest BCUT2D eigenvalue weighted by molar-refractivity contribution is 1.06. The Balaban J connectivity index is 2.60. The number of nitrogens with zero attached hydrogens (tertiary/aromatic N) is 1. The van der Waals surface area contributed by atoms with Crippen LogP contribution in [-0.2, 0) is 0 Å². The molecule has 0 saturated heterocycles. The van der Waals surface area contributed by atoms with Crippen LogP contribution in [0.3, 0.4) is 0 Å². The molecule has 8 heavy (non-hydrogen) atoms. The van der Waals surface area contributed by atoms with Gasteiger partial charge in [-0.2, -0.15) is 0 Å². The van der Waals surface area contributed by atoms with Gasteiger partial charge in [0.05, 0.1) is 0 Å². The summed E-state index contributed by atoms with van der Waals surface area (Å²) in [4.78, 5) is 3.73. The molecule has 4 heteroatoms. The lowest BCUT2D eigenvalue weighted by Gasteiger charge is -2.04. The van der Waals surface area contributed by atoms with Gasteiger partial charge >= 0.3 is 0 Å². The fourth-order valence-electron chi connectivity index (χ4n) is 0.385. The molecular formula is C4H4Cl2N2. The van der Waals surface area contributed by atoms with Crippen molar-refractivity contribution >= 4 is 28.5 Å². The van der Waals surface area contributed by atoms with E-state index in [1.807, 2.05) is 0 Å². The molecule has 1 N–H and O–H groups in total. The van der Waals surface area contributed by atoms with Gasteiger partial charge in [-0.25, -0.2) is 4.99 Å². The quantitative estimate of drug-likeness (QED) is 0.409. The van der Waals surface area contributed by atoms with Crippen molar-refractivity contribution in [1.29, 1.82) is 0 Å². The van der Waals surface area contributed by atoms with Crippen LogP contribution >= 0.6 is 23.2 Å². The minimum Gasteiger partial charge on any atom is -0.337 e. The van der Waals surface area contributed by atoms with E-state index in [0.717, 1.165) is 0 Å². The van der Waals surface area contributed by atoms with Crippen LogP contribution in [-0.4, -0.2) is 10.8 Å². The van der Waals surface area contributed by atoms with Crippen LogP contribution in [0, 0.1) is 0 Å². The Kier molecular flexibility index (Phi) is 1.76. The van der Waals surface area contributed by atoms with Crippen molar-refractivity contribution in [1.82, 2.24) is 5.32 Å². The third kappa shape index (κ3) is 1.39. The lowest BCUT2D eigenvalue weighted by atomic mass is 10.6. The van der Waals surface area contributed by atoms with Crippen molar-refractivity contribution in [3.05, 3.63) is 12.3 Å². The smallest absolute Gasteiger partial charge is 0.197 e. The molecule has 1 rings (SSSR count). The molecule has 0 aliphatic carbocycles. The van der Waals surface area contributed by atoms with Crippen molar-refractivity contribution in [2.24, 2.45) is 4.99 Å². The van der Waals surface area contributed by atoms with Gasteiger partial charge in [-0.1, -0.05) is 11.6 Å². The molecule has 0 unspecified atom stereocenters. The molecule has 0 aromatic carbocycles. The van der Waals surface area contributed by atoms with Gasteiger partial charge < -0.3 is 5.32 Å². The summed E-state index contributed by atoms with van der Waals surface area (Å²) in [5.41, 5.74) is -0.302. The minimum absolute atomic E-state index is 0.302. The average molecular weight is 151 g/mol. The number of rotatable bonds is 0. The zero-order valence-corrected chi connectivity index (χ0v) is 5.45. The second-order valence-electron chi connectivity index (χ2n) is 1.30. The van der Waals surface area contributed by atoms with Gasteiger partial charge in [0.25, 0.3) is 0 Å². The highest BCUT2D eigenvalue weighted by Gasteiger charge is 2.01. The summed E-state index contributed by atoms with van der Waals surface area (Å²) in [6.07, 6.45) is 3.36. The van der Waals surface area contributed by atoms with E-state index in [9.17, 15) is 0 Å². The van der Waals surface area contributed by atoms with Crippen LogP contribution in [0.2, 0.25) is 0 Å². The Morgan fingerprint density at radius 1 is 1.75 bits per heavy atom. The standard InChI is InChI=1S/C4H4Cl2N2/c5-3-1-2-7-4(6)8-3/h1-3H,(H,7,8)/t3-/m1/s1. The largest absolute Gasteiger partial charge is 0.337 e. The van der Waals surface area contributed by atoms with Crippen LogP contribution in [0.1, 0.15) is 0 Å². The molecule has 1 aliphatic rings. The number of hydrogen-bond acceptors (Lipinski definition) is 2. The van der Waals surface area contributed by atoms with E-state index < -0.39 is 0 Å². The third-order valence-electron chi connectivity index (χ3n) is 0.694. The molecule has 2 nitrogen and oxygen atoms in total. The molecular weight excluding hydrogens is 147 g/mol. The molecule has 1 atom stereocenters. The van der Waals surface area contributed by atoms with Crippen molar-refractivity contribution in [2.45, 2.75) is 5.50 Å². The van der Waals surface area contributed by atoms with E-state index in [1.54, 1.807) is 12.3 Å². The van der Waals surface area contributed by atoms with Gasteiger partial charge in [-0.05, 0) is 17.7 Å². The Morgan fingerprint density at radius 2 is 2.50 bits per heavy atom. The maximum atomic E-state index is 5.51. The number of amidine groups is 1. The van der Waals surface area contributed by atoms with Gasteiger partial charge in [-0.15, -0.1) is 0 Å². The van der Waals surface area contributed by atoms with E-state index in [2.05, 4.69) is 10.3 Å². The Labute approximate surface area is 57.2 Å². The maximum Gasteiger partial charge on any atom is 0.197 e. The Hall–Kier alpha value is -0.210. The van der Waals surface area contributed by atoms with Gasteiger partial charge in [0.15, 0.2) is 5.29 Å². The van der Waals surface area contributed by atoms with Gasteiger partial charge in [0.2, 0.25) is 0 Å². The molecule has 0 aromatic rings. The van der Waals surface area contributed by atoms with Crippen molar-refractivity contribution in [2.75, 3.05) is 0 Å². The highest BCUT2D eigenvalue weighted by molar-refractivity contribution is 6.65. The monoisotopic (exact) mass is 150 g/mol. The summed E-state index contributed by atoms with van der Waals surface area (Å²) in [5, 5.41) is 3.00. The predicted octanol–water partition coefficient (Wildman–Crippen LogP) is 1.26. The minimum atomic E-state index is -0.302. The number of aliphatic imine (C=N–C) groups is 1. The molecule has 0 fully saturated rings. The fourth-order valence-corrected chi connectivity index (χ4v) is 0.773. The molecule has 1 heterocycles. The van der Waals surface area contributed by atoms with Crippen molar-refractivity contribution < 1.29 is 0 Å². The number of nitrogens with one attached hydrogen (secondary N) is 1. The fraction of sp³-hybridized carbons (Fsp3) is 0.250. The summed E-state index contributed by atoms with van der Waals surface area (Å²) in [6.45, 7) is 0. The first-order chi connectivity index (χ1) is 3.79. The Bertz CT molecular complexity index is 141. The second-order valence-corrected chi connectivity index (χ2v) is 2.10. The van der Waals surface area contributed by atoms with Crippen LogP contribution in [0.5, 0.6) is 0 Å². The van der Waals surface area contributed by atoms with E-state index in [-0.39, 0.29) is 5.50 Å². The number of hydrogen-bond donors (Lipinski definition) is 1. The van der Waals surface area contributed by atoms with E-state index in [0.29, 0.717) is 5.29 Å². The van der Waals surface area contributed by atoms with Crippen LogP contribution in [0.25, 0.3) is 0 Å². The summed E-state index contributed by atoms with van der Waals surface area (Å²) in [5.74, 6) is 0. The molecule has 1 aliphatic heterocycles. The Morgan fingerprint density at radius 3 is 2.88 bits per heavy atom. The van der Waals surface area contributed by atoms with Crippen molar-refractivity contribution in [3.63, 3.8) is 0 Å². The summed E-state index contributed by atoms with van der Waals surface area (Å²) >= 11 is 10.9. The predicted molar refractivity (Wildman–Crippen MR) is 35.2 cm³/mol. The SMILES string of the molecule is ClC1=N[C@@H](Cl)C=CN1. The molecule has 0 bridgehead atoms. The van der Waals surface area contributed by atoms with E-state index >= 15 is 0 Å². The average Bonchev–Trinajstić information content (AvgIpc) is 1.64. The first kappa shape index (κ1) is 5.92. The number of alkyl halides is 1. The highest BCUT2D eigenvalue weighted by Crippen LogP contribution is 2.03. The molecule has 0 aromatic heterocycles. The molecule has 0 saturated carbocycles. The summed E-state index contributed by atoms with van der Waals surface area (Å²) < 4.78 is 0. The van der Waals surface area contributed by atoms with E-state index in [1.165, 1.54) is 0 Å². The third-order valence-corrected chi connectivity index (χ3v) is 1.14. The van der Waals surface area contributed by atoms with Gasteiger partial charge in [-0.3, -0.25) is 0 Å². The zero-order chi connectivity index (χ0) is 5.98. The van der Waals surface area contributed by atoms with Gasteiger partial charge in [0, 0.05) is 6.20 Å². The topological polar surface area (TPSA) is 24.4 Å². The van der Waals surface area contributed by atoms with Crippen LogP contribution in [0.15, 0.2) is 17.3 Å². The second kappa shape index (κ2) is 2.37. The van der Waals surface area contributed by atoms with Gasteiger partial charge in [0.1, 0.15) is 5.50 Å². The van der Waals surface area contributed by atoms with E-state index in [4.69, 9.17) is 23.2 Å². The summed E-state index contributed by atoms with van der Waals surface area (Å²) in [6, 6.07) is 0. The zero-order valence-electron chi connectivity index (χ0n) is 3.94. The molecule has 0 amide bonds.